The van der Waals surface area contributed by atoms with E-state index >= 15 is 0 Å². The fourth-order valence-electron chi connectivity index (χ4n) is 5.38. The summed E-state index contributed by atoms with van der Waals surface area (Å²) in [4.78, 5) is 45.8. The maximum absolute atomic E-state index is 12.2. The molecule has 0 aromatic heterocycles. The SMILES string of the molecule is CC/C=C\C/C=C\C/C=C\CCCCCC(=O)NC(COP(=O)(O)OCC(O)COC(=O)CCCCCCCCC/C=C\CCCCCCCC)C(=O)O. The summed E-state index contributed by atoms with van der Waals surface area (Å²) in [6.07, 6.45) is 40.0. The lowest BCUT2D eigenvalue weighted by Crippen LogP contribution is -2.43. The number of allylic oxidation sites excluding steroid dienone is 8. The van der Waals surface area contributed by atoms with E-state index < -0.39 is 57.6 Å². The van der Waals surface area contributed by atoms with Gasteiger partial charge in [-0.05, 0) is 70.6 Å². The molecule has 0 saturated carbocycles. The Kier molecular flexibility index (Phi) is 35.6. The molecule has 0 aromatic carbocycles. The number of aliphatic hydroxyl groups excluding tert-OH is 1. The molecule has 0 heterocycles. The van der Waals surface area contributed by atoms with E-state index in [1.807, 2.05) is 0 Å². The number of hydrogen-bond acceptors (Lipinski definition) is 8. The minimum Gasteiger partial charge on any atom is -0.480 e. The second-order valence-corrected chi connectivity index (χ2v) is 15.2. The van der Waals surface area contributed by atoms with Crippen molar-refractivity contribution in [3.05, 3.63) is 48.6 Å². The maximum Gasteiger partial charge on any atom is 0.472 e. The van der Waals surface area contributed by atoms with Gasteiger partial charge in [0.25, 0.3) is 0 Å². The van der Waals surface area contributed by atoms with Crippen LogP contribution in [-0.2, 0) is 32.7 Å². The van der Waals surface area contributed by atoms with Crippen LogP contribution in [0.25, 0.3) is 0 Å². The summed E-state index contributed by atoms with van der Waals surface area (Å²) in [5.74, 6) is -2.42. The van der Waals surface area contributed by atoms with Crippen LogP contribution in [0, 0.1) is 0 Å². The molecule has 0 aliphatic rings. The van der Waals surface area contributed by atoms with Crippen LogP contribution in [0.4, 0.5) is 0 Å². The zero-order valence-electron chi connectivity index (χ0n) is 33.5. The highest BCUT2D eigenvalue weighted by molar-refractivity contribution is 7.47. The van der Waals surface area contributed by atoms with Gasteiger partial charge in [-0.2, -0.15) is 0 Å². The third kappa shape index (κ3) is 36.4. The van der Waals surface area contributed by atoms with Gasteiger partial charge in [0.15, 0.2) is 6.04 Å². The number of carboxylic acids is 1. The molecule has 1 amide bonds. The average molecular weight is 784 g/mol. The number of carbonyl (C=O) groups is 3. The van der Waals surface area contributed by atoms with E-state index in [9.17, 15) is 34.1 Å². The van der Waals surface area contributed by atoms with E-state index in [0.29, 0.717) is 12.8 Å². The van der Waals surface area contributed by atoms with Gasteiger partial charge < -0.3 is 25.2 Å². The predicted octanol–water partition coefficient (Wildman–Crippen LogP) is 10.2. The lowest BCUT2D eigenvalue weighted by Gasteiger charge is -2.18. The normalized spacial score (nSPS) is 14.3. The molecule has 0 bridgehead atoms. The first-order chi connectivity index (χ1) is 26.1. The lowest BCUT2D eigenvalue weighted by molar-refractivity contribution is -0.147. The van der Waals surface area contributed by atoms with Crippen molar-refractivity contribution in [2.45, 2.75) is 180 Å². The molecule has 0 aliphatic carbocycles. The molecule has 0 radical (unpaired) electrons. The molecule has 3 unspecified atom stereocenters. The van der Waals surface area contributed by atoms with E-state index in [0.717, 1.165) is 64.2 Å². The molecule has 12 heteroatoms. The zero-order chi connectivity index (χ0) is 40.0. The van der Waals surface area contributed by atoms with E-state index in [-0.39, 0.29) is 12.8 Å². The van der Waals surface area contributed by atoms with Crippen molar-refractivity contribution in [2.75, 3.05) is 19.8 Å². The Morgan fingerprint density at radius 3 is 1.65 bits per heavy atom. The number of phosphoric acid groups is 1. The van der Waals surface area contributed by atoms with E-state index in [1.165, 1.54) is 64.2 Å². The summed E-state index contributed by atoms with van der Waals surface area (Å²) in [5, 5.41) is 21.7. The summed E-state index contributed by atoms with van der Waals surface area (Å²) in [7, 11) is -4.76. The average Bonchev–Trinajstić information content (AvgIpc) is 3.14. The minimum absolute atomic E-state index is 0.109. The number of unbranched alkanes of at least 4 members (excludes halogenated alkanes) is 16. The quantitative estimate of drug-likeness (QED) is 0.0205. The summed E-state index contributed by atoms with van der Waals surface area (Å²) < 4.78 is 26.8. The summed E-state index contributed by atoms with van der Waals surface area (Å²) in [6.45, 7) is 2.43. The van der Waals surface area contributed by atoms with Crippen molar-refractivity contribution in [1.29, 1.82) is 0 Å². The summed E-state index contributed by atoms with van der Waals surface area (Å²) in [5.41, 5.74) is 0. The van der Waals surface area contributed by atoms with E-state index in [4.69, 9.17) is 13.8 Å². The zero-order valence-corrected chi connectivity index (χ0v) is 34.4. The van der Waals surface area contributed by atoms with Gasteiger partial charge in [-0.15, -0.1) is 0 Å². The third-order valence-electron chi connectivity index (χ3n) is 8.60. The van der Waals surface area contributed by atoms with Gasteiger partial charge in [-0.1, -0.05) is 133 Å². The fourth-order valence-corrected chi connectivity index (χ4v) is 6.15. The second kappa shape index (κ2) is 37.4. The van der Waals surface area contributed by atoms with E-state index in [2.05, 4.69) is 67.8 Å². The van der Waals surface area contributed by atoms with Crippen LogP contribution in [0.2, 0.25) is 0 Å². The van der Waals surface area contributed by atoms with Gasteiger partial charge in [-0.25, -0.2) is 9.36 Å². The van der Waals surface area contributed by atoms with Crippen LogP contribution < -0.4 is 5.32 Å². The van der Waals surface area contributed by atoms with Gasteiger partial charge in [0.2, 0.25) is 5.91 Å². The molecule has 0 rings (SSSR count). The standard InChI is InChI=1S/C42H74NO10P/c1-3-5-7-9-11-13-15-17-18-19-20-22-24-26-28-30-32-34-41(46)51-35-38(44)36-52-54(49,50)53-37-39(42(47)48)43-40(45)33-31-29-27-25-23-21-16-14-12-10-8-6-4-2/h6,8,12,14,17-18,21,23,38-39,44H,3-5,7,9-11,13,15-16,19-20,22,24-37H2,1-2H3,(H,43,45)(H,47,48)(H,49,50)/b8-6-,14-12-,18-17-,23-21-. The largest absolute Gasteiger partial charge is 0.480 e. The Bertz CT molecular complexity index is 1110. The number of carbonyl (C=O) groups excluding carboxylic acids is 2. The van der Waals surface area contributed by atoms with Crippen LogP contribution in [0.15, 0.2) is 48.6 Å². The first-order valence-corrected chi connectivity index (χ1v) is 22.2. The molecule has 0 fully saturated rings. The molecule has 11 nitrogen and oxygen atoms in total. The van der Waals surface area contributed by atoms with Crippen LogP contribution in [-0.4, -0.2) is 64.9 Å². The monoisotopic (exact) mass is 784 g/mol. The number of rotatable bonds is 38. The number of carboxylic acid groups (broad SMARTS) is 1. The Balaban J connectivity index is 3.95. The Morgan fingerprint density at radius 2 is 1.07 bits per heavy atom. The molecule has 3 atom stereocenters. The predicted molar refractivity (Wildman–Crippen MR) is 217 cm³/mol. The van der Waals surface area contributed by atoms with E-state index in [1.54, 1.807) is 0 Å². The Labute approximate surface area is 326 Å². The van der Waals surface area contributed by atoms with Crippen molar-refractivity contribution in [2.24, 2.45) is 0 Å². The van der Waals surface area contributed by atoms with Gasteiger partial charge in [-0.3, -0.25) is 18.6 Å². The van der Waals surface area contributed by atoms with Gasteiger partial charge in [0.05, 0.1) is 13.2 Å². The molecule has 312 valence electrons. The van der Waals surface area contributed by atoms with Crippen LogP contribution in [0.3, 0.4) is 0 Å². The maximum atomic E-state index is 12.2. The molecule has 0 spiro atoms. The molecule has 0 saturated heterocycles. The Morgan fingerprint density at radius 1 is 0.611 bits per heavy atom. The number of esters is 1. The van der Waals surface area contributed by atoms with Crippen LogP contribution in [0.5, 0.6) is 0 Å². The fraction of sp³-hybridized carbons (Fsp3) is 0.738. The molecule has 4 N–H and O–H groups in total. The van der Waals surface area contributed by atoms with Crippen molar-refractivity contribution in [3.8, 4) is 0 Å². The molecule has 0 aromatic rings. The first-order valence-electron chi connectivity index (χ1n) is 20.7. The molecule has 0 aliphatic heterocycles. The van der Waals surface area contributed by atoms with Crippen LogP contribution in [0.1, 0.15) is 168 Å². The highest BCUT2D eigenvalue weighted by Crippen LogP contribution is 2.43. The Hall–Kier alpha value is -2.56. The molecular formula is C42H74NO10P. The number of hydrogen-bond donors (Lipinski definition) is 4. The summed E-state index contributed by atoms with van der Waals surface area (Å²) >= 11 is 0. The van der Waals surface area contributed by atoms with Crippen molar-refractivity contribution in [3.63, 3.8) is 0 Å². The highest BCUT2D eigenvalue weighted by Gasteiger charge is 2.28. The number of nitrogens with one attached hydrogen (secondary N) is 1. The molecule has 54 heavy (non-hydrogen) atoms. The molecular weight excluding hydrogens is 709 g/mol. The number of aliphatic hydroxyl groups is 1. The van der Waals surface area contributed by atoms with Gasteiger partial charge in [0.1, 0.15) is 12.7 Å². The third-order valence-corrected chi connectivity index (χ3v) is 9.55. The number of amides is 1. The van der Waals surface area contributed by atoms with Crippen molar-refractivity contribution >= 4 is 25.7 Å². The van der Waals surface area contributed by atoms with Crippen molar-refractivity contribution < 1.29 is 47.8 Å². The smallest absolute Gasteiger partial charge is 0.472 e. The lowest BCUT2D eigenvalue weighted by atomic mass is 10.1. The van der Waals surface area contributed by atoms with Gasteiger partial charge in [0, 0.05) is 12.8 Å². The summed E-state index contributed by atoms with van der Waals surface area (Å²) in [6, 6.07) is -1.56. The highest BCUT2D eigenvalue weighted by atomic mass is 31.2. The number of ether oxygens (including phenoxy) is 1. The van der Waals surface area contributed by atoms with Gasteiger partial charge >= 0.3 is 19.8 Å². The first kappa shape index (κ1) is 51.4. The topological polar surface area (TPSA) is 169 Å². The number of phosphoric ester groups is 1. The van der Waals surface area contributed by atoms with Crippen molar-refractivity contribution in [1.82, 2.24) is 5.32 Å². The second-order valence-electron chi connectivity index (χ2n) is 13.8. The minimum atomic E-state index is -4.76. The number of aliphatic carboxylic acids is 1. The van der Waals surface area contributed by atoms with Crippen LogP contribution >= 0.6 is 7.82 Å².